The van der Waals surface area contributed by atoms with Crippen LogP contribution in [0.5, 0.6) is 0 Å². The number of hydrogen-bond donors (Lipinski definition) is 3. The molecule has 1 aromatic carbocycles. The number of rotatable bonds is 6. The number of hydrogen-bond acceptors (Lipinski definition) is 2. The first-order valence-electron chi connectivity index (χ1n) is 6.75. The fourth-order valence-electron chi connectivity index (χ4n) is 1.91. The Kier molecular flexibility index (Phi) is 6.03. The fraction of sp³-hybridized carbons (Fsp3) is 0.467. The maximum Gasteiger partial charge on any atom is 0.326 e. The zero-order chi connectivity index (χ0) is 15.1. The summed E-state index contributed by atoms with van der Waals surface area (Å²) in [5, 5.41) is 14.3. The molecule has 0 saturated heterocycles. The molecule has 0 aliphatic carbocycles. The van der Waals surface area contributed by atoms with Gasteiger partial charge in [-0.2, -0.15) is 0 Å². The average molecular weight is 278 g/mol. The number of urea groups is 1. The van der Waals surface area contributed by atoms with Crippen LogP contribution >= 0.6 is 0 Å². The summed E-state index contributed by atoms with van der Waals surface area (Å²) >= 11 is 0. The number of benzene rings is 1. The lowest BCUT2D eigenvalue weighted by Crippen LogP contribution is -2.47. The normalized spacial score (nSPS) is 13.6. The third-order valence-electron chi connectivity index (χ3n) is 2.96. The molecule has 110 valence electrons. The molecule has 0 spiro atoms. The predicted molar refractivity (Wildman–Crippen MR) is 77.4 cm³/mol. The van der Waals surface area contributed by atoms with Gasteiger partial charge in [0.05, 0.1) is 6.04 Å². The van der Waals surface area contributed by atoms with Crippen molar-refractivity contribution < 1.29 is 14.7 Å². The summed E-state index contributed by atoms with van der Waals surface area (Å²) < 4.78 is 0. The number of aliphatic carboxylic acids is 1. The van der Waals surface area contributed by atoms with Gasteiger partial charge in [0, 0.05) is 0 Å². The zero-order valence-corrected chi connectivity index (χ0v) is 12.1. The number of carboxylic acids is 1. The largest absolute Gasteiger partial charge is 0.480 e. The van der Waals surface area contributed by atoms with Crippen molar-refractivity contribution in [2.75, 3.05) is 0 Å². The minimum atomic E-state index is -1.01. The predicted octanol–water partition coefficient (Wildman–Crippen LogP) is 2.55. The molecule has 5 nitrogen and oxygen atoms in total. The van der Waals surface area contributed by atoms with E-state index >= 15 is 0 Å². The standard InChI is InChI=1S/C15H22N2O3/c1-10(2)9-13(14(18)19)17-15(20)16-11(3)12-7-5-4-6-8-12/h4-8,10-11,13H,9H2,1-3H3,(H,18,19)(H2,16,17,20). The molecule has 0 aromatic heterocycles. The van der Waals surface area contributed by atoms with Crippen molar-refractivity contribution in [3.8, 4) is 0 Å². The second-order valence-corrected chi connectivity index (χ2v) is 5.27. The molecule has 0 bridgehead atoms. The first-order valence-corrected chi connectivity index (χ1v) is 6.75. The third kappa shape index (κ3) is 5.30. The van der Waals surface area contributed by atoms with Crippen LogP contribution in [0.4, 0.5) is 4.79 Å². The van der Waals surface area contributed by atoms with Crippen LogP contribution in [0, 0.1) is 5.92 Å². The molecular weight excluding hydrogens is 256 g/mol. The molecular formula is C15H22N2O3. The molecule has 0 aliphatic rings. The number of carbonyl (C=O) groups is 2. The highest BCUT2D eigenvalue weighted by Gasteiger charge is 2.21. The van der Waals surface area contributed by atoms with E-state index in [1.165, 1.54) is 0 Å². The van der Waals surface area contributed by atoms with Crippen LogP contribution in [-0.4, -0.2) is 23.1 Å². The summed E-state index contributed by atoms with van der Waals surface area (Å²) in [6.07, 6.45) is 0.405. The molecule has 2 unspecified atom stereocenters. The van der Waals surface area contributed by atoms with Crippen molar-refractivity contribution in [2.45, 2.75) is 39.3 Å². The van der Waals surface area contributed by atoms with Crippen LogP contribution in [0.3, 0.4) is 0 Å². The first-order chi connectivity index (χ1) is 9.40. The van der Waals surface area contributed by atoms with Crippen molar-refractivity contribution in [2.24, 2.45) is 5.92 Å². The van der Waals surface area contributed by atoms with Crippen LogP contribution in [0.1, 0.15) is 38.8 Å². The Balaban J connectivity index is 2.55. The van der Waals surface area contributed by atoms with Gasteiger partial charge in [0.1, 0.15) is 6.04 Å². The van der Waals surface area contributed by atoms with Gasteiger partial charge in [0.15, 0.2) is 0 Å². The maximum absolute atomic E-state index is 11.8. The number of carboxylic acid groups (broad SMARTS) is 1. The lowest BCUT2D eigenvalue weighted by Gasteiger charge is -2.19. The van der Waals surface area contributed by atoms with Crippen molar-refractivity contribution in [3.05, 3.63) is 35.9 Å². The summed E-state index contributed by atoms with van der Waals surface area (Å²) in [6, 6.07) is 8.01. The van der Waals surface area contributed by atoms with Gasteiger partial charge in [0.25, 0.3) is 0 Å². The summed E-state index contributed by atoms with van der Waals surface area (Å²) in [5.41, 5.74) is 0.971. The van der Waals surface area contributed by atoms with Gasteiger partial charge in [-0.3, -0.25) is 0 Å². The van der Waals surface area contributed by atoms with E-state index in [4.69, 9.17) is 5.11 Å². The quantitative estimate of drug-likeness (QED) is 0.748. The van der Waals surface area contributed by atoms with Crippen molar-refractivity contribution in [1.82, 2.24) is 10.6 Å². The average Bonchev–Trinajstić information content (AvgIpc) is 2.38. The Labute approximate surface area is 119 Å². The fourth-order valence-corrected chi connectivity index (χ4v) is 1.91. The van der Waals surface area contributed by atoms with Gasteiger partial charge in [0.2, 0.25) is 0 Å². The summed E-state index contributed by atoms with van der Waals surface area (Å²) in [4.78, 5) is 22.9. The second kappa shape index (κ2) is 7.53. The van der Waals surface area contributed by atoms with E-state index in [9.17, 15) is 9.59 Å². The van der Waals surface area contributed by atoms with E-state index in [-0.39, 0.29) is 12.0 Å². The van der Waals surface area contributed by atoms with E-state index in [0.717, 1.165) is 5.56 Å². The van der Waals surface area contributed by atoms with Gasteiger partial charge in [-0.25, -0.2) is 9.59 Å². The van der Waals surface area contributed by atoms with E-state index in [1.54, 1.807) is 0 Å². The minimum Gasteiger partial charge on any atom is -0.480 e. The molecule has 5 heteroatoms. The summed E-state index contributed by atoms with van der Waals surface area (Å²) in [5.74, 6) is -0.816. The van der Waals surface area contributed by atoms with E-state index in [2.05, 4.69) is 10.6 Å². The molecule has 1 aromatic rings. The zero-order valence-electron chi connectivity index (χ0n) is 12.1. The SMILES string of the molecule is CC(C)CC(NC(=O)NC(C)c1ccccc1)C(=O)O. The van der Waals surface area contributed by atoms with Crippen molar-refractivity contribution in [1.29, 1.82) is 0 Å². The maximum atomic E-state index is 11.8. The molecule has 2 atom stereocenters. The molecule has 0 fully saturated rings. The Bertz CT molecular complexity index is 446. The van der Waals surface area contributed by atoms with Gasteiger partial charge in [-0.15, -0.1) is 0 Å². The lowest BCUT2D eigenvalue weighted by atomic mass is 10.0. The summed E-state index contributed by atoms with van der Waals surface area (Å²) in [7, 11) is 0. The molecule has 0 aliphatic heterocycles. The molecule has 20 heavy (non-hydrogen) atoms. The lowest BCUT2D eigenvalue weighted by molar-refractivity contribution is -0.139. The van der Waals surface area contributed by atoms with Crippen molar-refractivity contribution in [3.63, 3.8) is 0 Å². The Morgan fingerprint density at radius 1 is 1.10 bits per heavy atom. The smallest absolute Gasteiger partial charge is 0.326 e. The Morgan fingerprint density at radius 3 is 2.20 bits per heavy atom. The van der Waals surface area contributed by atoms with Crippen LogP contribution < -0.4 is 10.6 Å². The Morgan fingerprint density at radius 2 is 1.70 bits per heavy atom. The van der Waals surface area contributed by atoms with Crippen molar-refractivity contribution >= 4 is 12.0 Å². The van der Waals surface area contributed by atoms with Gasteiger partial charge >= 0.3 is 12.0 Å². The highest BCUT2D eigenvalue weighted by atomic mass is 16.4. The second-order valence-electron chi connectivity index (χ2n) is 5.27. The minimum absolute atomic E-state index is 0.176. The Hall–Kier alpha value is -2.04. The van der Waals surface area contributed by atoms with Crippen LogP contribution in [0.15, 0.2) is 30.3 Å². The molecule has 0 radical (unpaired) electrons. The number of carbonyl (C=O) groups excluding carboxylic acids is 1. The van der Waals surface area contributed by atoms with Gasteiger partial charge in [-0.05, 0) is 24.8 Å². The van der Waals surface area contributed by atoms with E-state index < -0.39 is 18.0 Å². The molecule has 0 saturated carbocycles. The molecule has 3 N–H and O–H groups in total. The van der Waals surface area contributed by atoms with Crippen LogP contribution in [-0.2, 0) is 4.79 Å². The number of amides is 2. The molecule has 2 amide bonds. The highest BCUT2D eigenvalue weighted by Crippen LogP contribution is 2.11. The monoisotopic (exact) mass is 278 g/mol. The number of nitrogens with one attached hydrogen (secondary N) is 2. The van der Waals surface area contributed by atoms with Gasteiger partial charge < -0.3 is 15.7 Å². The first kappa shape index (κ1) is 16.0. The molecule has 1 rings (SSSR count). The van der Waals surface area contributed by atoms with Gasteiger partial charge in [-0.1, -0.05) is 44.2 Å². The van der Waals surface area contributed by atoms with E-state index in [0.29, 0.717) is 6.42 Å². The topological polar surface area (TPSA) is 78.4 Å². The molecule has 0 heterocycles. The van der Waals surface area contributed by atoms with Crippen LogP contribution in [0.2, 0.25) is 0 Å². The summed E-state index contributed by atoms with van der Waals surface area (Å²) in [6.45, 7) is 5.69. The van der Waals surface area contributed by atoms with Crippen LogP contribution in [0.25, 0.3) is 0 Å². The highest BCUT2D eigenvalue weighted by molar-refractivity contribution is 5.82. The van der Waals surface area contributed by atoms with E-state index in [1.807, 2.05) is 51.1 Å². The third-order valence-corrected chi connectivity index (χ3v) is 2.96.